The molecule has 0 unspecified atom stereocenters. The van der Waals surface area contributed by atoms with Gasteiger partial charge in [0.2, 0.25) is 5.91 Å². The predicted molar refractivity (Wildman–Crippen MR) is 101 cm³/mol. The number of aromatic nitrogens is 1. The Labute approximate surface area is 151 Å². The Bertz CT molecular complexity index is 906. The van der Waals surface area contributed by atoms with Crippen LogP contribution < -0.4 is 10.6 Å². The van der Waals surface area contributed by atoms with Gasteiger partial charge in [0.05, 0.1) is 6.54 Å². The van der Waals surface area contributed by atoms with Crippen molar-refractivity contribution in [2.24, 2.45) is 0 Å². The molecular weight excluding hydrogens is 326 g/mol. The average molecular weight is 347 g/mol. The standard InChI is InChI=1S/C21H21N3O2/c25-20(22-12-14-5-7-15(8-6-14)16-9-10-16)13-23-21(26)19-11-17-3-1-2-4-18(17)24-19/h1-8,11,16,24H,9-10,12-13H2,(H,22,25)(H,23,26). The van der Waals surface area contributed by atoms with Gasteiger partial charge in [-0.05, 0) is 42.0 Å². The summed E-state index contributed by atoms with van der Waals surface area (Å²) in [6.07, 6.45) is 2.57. The number of hydrogen-bond acceptors (Lipinski definition) is 2. The number of hydrogen-bond donors (Lipinski definition) is 3. The van der Waals surface area contributed by atoms with E-state index in [0.717, 1.165) is 22.4 Å². The van der Waals surface area contributed by atoms with Gasteiger partial charge in [0.25, 0.3) is 5.91 Å². The van der Waals surface area contributed by atoms with Crippen molar-refractivity contribution in [3.05, 3.63) is 71.4 Å². The van der Waals surface area contributed by atoms with Crippen LogP contribution >= 0.6 is 0 Å². The molecule has 1 aliphatic carbocycles. The fraction of sp³-hybridized carbons (Fsp3) is 0.238. The van der Waals surface area contributed by atoms with Gasteiger partial charge >= 0.3 is 0 Å². The highest BCUT2D eigenvalue weighted by molar-refractivity contribution is 5.99. The number of aromatic amines is 1. The zero-order valence-corrected chi connectivity index (χ0v) is 14.4. The molecule has 1 saturated carbocycles. The Morgan fingerprint density at radius 2 is 1.77 bits per heavy atom. The van der Waals surface area contributed by atoms with Crippen molar-refractivity contribution in [2.45, 2.75) is 25.3 Å². The highest BCUT2D eigenvalue weighted by atomic mass is 16.2. The van der Waals surface area contributed by atoms with Crippen molar-refractivity contribution < 1.29 is 9.59 Å². The summed E-state index contributed by atoms with van der Waals surface area (Å²) in [4.78, 5) is 27.2. The van der Waals surface area contributed by atoms with Gasteiger partial charge in [0.1, 0.15) is 5.69 Å². The Morgan fingerprint density at radius 3 is 2.50 bits per heavy atom. The van der Waals surface area contributed by atoms with E-state index in [-0.39, 0.29) is 18.4 Å². The molecule has 2 amide bonds. The molecule has 0 aliphatic heterocycles. The lowest BCUT2D eigenvalue weighted by Crippen LogP contribution is -2.36. The zero-order valence-electron chi connectivity index (χ0n) is 14.4. The third-order valence-corrected chi connectivity index (χ3v) is 4.70. The van der Waals surface area contributed by atoms with E-state index >= 15 is 0 Å². The van der Waals surface area contributed by atoms with E-state index < -0.39 is 0 Å². The van der Waals surface area contributed by atoms with Crippen LogP contribution in [0.1, 0.15) is 40.4 Å². The van der Waals surface area contributed by atoms with Crippen molar-refractivity contribution in [1.82, 2.24) is 15.6 Å². The van der Waals surface area contributed by atoms with Crippen LogP contribution in [0.3, 0.4) is 0 Å². The monoisotopic (exact) mass is 347 g/mol. The first-order valence-corrected chi connectivity index (χ1v) is 8.90. The summed E-state index contributed by atoms with van der Waals surface area (Å²) in [5.74, 6) is 0.240. The van der Waals surface area contributed by atoms with Gasteiger partial charge in [-0.3, -0.25) is 9.59 Å². The van der Waals surface area contributed by atoms with Crippen LogP contribution in [0.15, 0.2) is 54.6 Å². The molecule has 0 bridgehead atoms. The van der Waals surface area contributed by atoms with E-state index in [1.54, 1.807) is 6.07 Å². The lowest BCUT2D eigenvalue weighted by Gasteiger charge is -2.07. The van der Waals surface area contributed by atoms with E-state index in [2.05, 4.69) is 39.9 Å². The SMILES string of the molecule is O=C(CNC(=O)c1cc2ccccc2[nH]1)NCc1ccc(C2CC2)cc1. The Kier molecular flexibility index (Phi) is 4.44. The first kappa shape index (κ1) is 16.4. The number of fused-ring (bicyclic) bond motifs is 1. The first-order valence-electron chi connectivity index (χ1n) is 8.90. The van der Waals surface area contributed by atoms with Gasteiger partial charge in [-0.25, -0.2) is 0 Å². The fourth-order valence-electron chi connectivity index (χ4n) is 3.04. The van der Waals surface area contributed by atoms with E-state index in [4.69, 9.17) is 0 Å². The van der Waals surface area contributed by atoms with Gasteiger partial charge in [-0.1, -0.05) is 42.5 Å². The smallest absolute Gasteiger partial charge is 0.268 e. The van der Waals surface area contributed by atoms with Crippen LogP contribution in [-0.2, 0) is 11.3 Å². The quantitative estimate of drug-likeness (QED) is 0.641. The summed E-state index contributed by atoms with van der Waals surface area (Å²) >= 11 is 0. The zero-order chi connectivity index (χ0) is 17.9. The van der Waals surface area contributed by atoms with Crippen molar-refractivity contribution in [3.8, 4) is 0 Å². The highest BCUT2D eigenvalue weighted by Gasteiger charge is 2.22. The molecule has 3 aromatic rings. The van der Waals surface area contributed by atoms with Gasteiger partial charge in [-0.15, -0.1) is 0 Å². The molecular formula is C21H21N3O2. The second-order valence-corrected chi connectivity index (χ2v) is 6.75. The molecule has 1 aromatic heterocycles. The van der Waals surface area contributed by atoms with E-state index in [0.29, 0.717) is 12.2 Å². The molecule has 0 saturated heterocycles. The van der Waals surface area contributed by atoms with Crippen LogP contribution in [0.5, 0.6) is 0 Å². The number of benzene rings is 2. The van der Waals surface area contributed by atoms with Crippen molar-refractivity contribution in [2.75, 3.05) is 6.54 Å². The lowest BCUT2D eigenvalue weighted by atomic mass is 10.1. The highest BCUT2D eigenvalue weighted by Crippen LogP contribution is 2.39. The fourth-order valence-corrected chi connectivity index (χ4v) is 3.04. The van der Waals surface area contributed by atoms with Crippen LogP contribution in [0, 0.1) is 0 Å². The number of amides is 2. The maximum atomic E-state index is 12.2. The summed E-state index contributed by atoms with van der Waals surface area (Å²) in [5, 5.41) is 6.45. The number of carbonyl (C=O) groups is 2. The topological polar surface area (TPSA) is 74.0 Å². The largest absolute Gasteiger partial charge is 0.351 e. The minimum atomic E-state index is -0.287. The molecule has 0 spiro atoms. The summed E-state index contributed by atoms with van der Waals surface area (Å²) in [6.45, 7) is 0.417. The predicted octanol–water partition coefficient (Wildman–Crippen LogP) is 3.09. The van der Waals surface area contributed by atoms with Crippen molar-refractivity contribution in [1.29, 1.82) is 0 Å². The second kappa shape index (κ2) is 7.04. The van der Waals surface area contributed by atoms with E-state index in [1.807, 2.05) is 24.3 Å². The van der Waals surface area contributed by atoms with E-state index in [9.17, 15) is 9.59 Å². The van der Waals surface area contributed by atoms with Gasteiger partial charge in [0.15, 0.2) is 0 Å². The molecule has 5 nitrogen and oxygen atoms in total. The number of para-hydroxylation sites is 1. The van der Waals surface area contributed by atoms with Crippen LogP contribution in [0.2, 0.25) is 0 Å². The molecule has 2 aromatic carbocycles. The van der Waals surface area contributed by atoms with Crippen LogP contribution in [0.4, 0.5) is 0 Å². The summed E-state index contributed by atoms with van der Waals surface area (Å²) < 4.78 is 0. The van der Waals surface area contributed by atoms with Crippen molar-refractivity contribution in [3.63, 3.8) is 0 Å². The molecule has 0 atom stereocenters. The van der Waals surface area contributed by atoms with Crippen molar-refractivity contribution >= 4 is 22.7 Å². The molecule has 0 radical (unpaired) electrons. The molecule has 1 fully saturated rings. The van der Waals surface area contributed by atoms with Crippen LogP contribution in [-0.4, -0.2) is 23.3 Å². The summed E-state index contributed by atoms with van der Waals surface area (Å²) in [5.41, 5.74) is 3.79. The number of H-pyrrole nitrogens is 1. The average Bonchev–Trinajstić information content (AvgIpc) is 3.43. The first-order chi connectivity index (χ1) is 12.7. The molecule has 5 heteroatoms. The summed E-state index contributed by atoms with van der Waals surface area (Å²) in [7, 11) is 0. The van der Waals surface area contributed by atoms with Gasteiger partial charge in [-0.2, -0.15) is 0 Å². The molecule has 1 heterocycles. The molecule has 26 heavy (non-hydrogen) atoms. The molecule has 3 N–H and O–H groups in total. The van der Waals surface area contributed by atoms with E-state index in [1.165, 1.54) is 18.4 Å². The minimum Gasteiger partial charge on any atom is -0.351 e. The molecule has 1 aliphatic rings. The number of nitrogens with one attached hydrogen (secondary N) is 3. The molecule has 4 rings (SSSR count). The Morgan fingerprint density at radius 1 is 1.00 bits per heavy atom. The Hall–Kier alpha value is -3.08. The summed E-state index contributed by atoms with van der Waals surface area (Å²) in [6, 6.07) is 17.8. The third kappa shape index (κ3) is 3.77. The van der Waals surface area contributed by atoms with Gasteiger partial charge in [0, 0.05) is 17.4 Å². The maximum absolute atomic E-state index is 12.2. The van der Waals surface area contributed by atoms with Crippen LogP contribution in [0.25, 0.3) is 10.9 Å². The third-order valence-electron chi connectivity index (χ3n) is 4.70. The lowest BCUT2D eigenvalue weighted by molar-refractivity contribution is -0.120. The maximum Gasteiger partial charge on any atom is 0.268 e. The minimum absolute atomic E-state index is 0.0473. The van der Waals surface area contributed by atoms with Gasteiger partial charge < -0.3 is 15.6 Å². The second-order valence-electron chi connectivity index (χ2n) is 6.75. The number of rotatable bonds is 6. The Balaban J connectivity index is 1.25. The molecule has 132 valence electrons. The normalized spacial score (nSPS) is 13.5. The number of carbonyl (C=O) groups excluding carboxylic acids is 2.